The normalized spacial score (nSPS) is 10.5. The average Bonchev–Trinajstić information content (AvgIpc) is 2.79. The third kappa shape index (κ3) is 2.02. The van der Waals surface area contributed by atoms with Gasteiger partial charge in [-0.05, 0) is 34.1 Å². The van der Waals surface area contributed by atoms with Gasteiger partial charge in [-0.15, -0.1) is 0 Å². The Hall–Kier alpha value is -2.12. The van der Waals surface area contributed by atoms with Crippen molar-refractivity contribution in [3.05, 3.63) is 58.7 Å². The summed E-state index contributed by atoms with van der Waals surface area (Å²) in [4.78, 5) is 0. The van der Waals surface area contributed by atoms with Crippen molar-refractivity contribution in [1.82, 2.24) is 9.78 Å². The number of halogens is 1. The summed E-state index contributed by atoms with van der Waals surface area (Å²) in [5, 5.41) is 14.7. The number of fused-ring (bicyclic) bond motifs is 1. The standard InChI is InChI=1S/C15H10BrN3/c16-12-6-2-4-8-15(12)19-14(9-10-17)11-5-1-3-7-13(11)18-19/h1-8H,9H2. The third-order valence-corrected chi connectivity index (χ3v) is 3.68. The quantitative estimate of drug-likeness (QED) is 0.721. The molecule has 0 atom stereocenters. The zero-order chi connectivity index (χ0) is 13.2. The first-order valence-electron chi connectivity index (χ1n) is 5.90. The van der Waals surface area contributed by atoms with Crippen LogP contribution < -0.4 is 0 Å². The van der Waals surface area contributed by atoms with E-state index in [1.165, 1.54) is 0 Å². The monoisotopic (exact) mass is 311 g/mol. The van der Waals surface area contributed by atoms with Crippen molar-refractivity contribution in [1.29, 1.82) is 5.26 Å². The van der Waals surface area contributed by atoms with Gasteiger partial charge in [-0.25, -0.2) is 4.68 Å². The SMILES string of the molecule is N#CCc1c2ccccc2nn1-c1ccccc1Br. The first-order valence-corrected chi connectivity index (χ1v) is 6.69. The second-order valence-electron chi connectivity index (χ2n) is 4.16. The van der Waals surface area contributed by atoms with Gasteiger partial charge < -0.3 is 0 Å². The predicted octanol–water partition coefficient (Wildman–Crippen LogP) is 3.85. The molecule has 0 aliphatic heterocycles. The molecule has 0 saturated carbocycles. The molecule has 0 spiro atoms. The van der Waals surface area contributed by atoms with Crippen LogP contribution in [0.4, 0.5) is 0 Å². The van der Waals surface area contributed by atoms with Gasteiger partial charge in [0.1, 0.15) is 0 Å². The van der Waals surface area contributed by atoms with E-state index >= 15 is 0 Å². The van der Waals surface area contributed by atoms with E-state index in [0.717, 1.165) is 26.8 Å². The predicted molar refractivity (Wildman–Crippen MR) is 78.1 cm³/mol. The minimum Gasteiger partial charge on any atom is -0.234 e. The van der Waals surface area contributed by atoms with Crippen LogP contribution in [0.1, 0.15) is 5.69 Å². The highest BCUT2D eigenvalue weighted by Gasteiger charge is 2.13. The fourth-order valence-corrected chi connectivity index (χ4v) is 2.61. The van der Waals surface area contributed by atoms with E-state index in [0.29, 0.717) is 6.42 Å². The topological polar surface area (TPSA) is 41.6 Å². The highest BCUT2D eigenvalue weighted by molar-refractivity contribution is 9.10. The van der Waals surface area contributed by atoms with Gasteiger partial charge in [-0.1, -0.05) is 30.3 Å². The molecule has 0 fully saturated rings. The Bertz CT molecular complexity index is 783. The third-order valence-electron chi connectivity index (χ3n) is 3.01. The van der Waals surface area contributed by atoms with Gasteiger partial charge in [0.2, 0.25) is 0 Å². The maximum absolute atomic E-state index is 9.04. The number of hydrogen-bond donors (Lipinski definition) is 0. The molecule has 0 bridgehead atoms. The number of benzene rings is 2. The summed E-state index contributed by atoms with van der Waals surface area (Å²) in [6, 6.07) is 18.0. The lowest BCUT2D eigenvalue weighted by atomic mass is 10.2. The first kappa shape index (κ1) is 11.9. The Morgan fingerprint density at radius 1 is 1.11 bits per heavy atom. The van der Waals surface area contributed by atoms with Crippen molar-refractivity contribution >= 4 is 26.8 Å². The molecule has 0 amide bonds. The lowest BCUT2D eigenvalue weighted by molar-refractivity contribution is 0.840. The summed E-state index contributed by atoms with van der Waals surface area (Å²) in [5.74, 6) is 0. The minimum absolute atomic E-state index is 0.335. The second-order valence-corrected chi connectivity index (χ2v) is 5.02. The number of nitrogens with zero attached hydrogens (tertiary/aromatic N) is 3. The van der Waals surface area contributed by atoms with Crippen LogP contribution in [0.5, 0.6) is 0 Å². The van der Waals surface area contributed by atoms with E-state index in [9.17, 15) is 0 Å². The Kier molecular flexibility index (Phi) is 3.06. The molecule has 1 aromatic heterocycles. The lowest BCUT2D eigenvalue weighted by Crippen LogP contribution is -2.02. The number of rotatable bonds is 2. The number of hydrogen-bond acceptors (Lipinski definition) is 2. The van der Waals surface area contributed by atoms with Crippen molar-refractivity contribution in [3.8, 4) is 11.8 Å². The smallest absolute Gasteiger partial charge is 0.0931 e. The molecule has 1 heterocycles. The van der Waals surface area contributed by atoms with Crippen molar-refractivity contribution < 1.29 is 0 Å². The van der Waals surface area contributed by atoms with Gasteiger partial charge in [-0.3, -0.25) is 0 Å². The largest absolute Gasteiger partial charge is 0.234 e. The van der Waals surface area contributed by atoms with Gasteiger partial charge in [0.05, 0.1) is 29.4 Å². The first-order chi connectivity index (χ1) is 9.31. The van der Waals surface area contributed by atoms with Crippen LogP contribution in [0.15, 0.2) is 53.0 Å². The van der Waals surface area contributed by atoms with Gasteiger partial charge in [0, 0.05) is 9.86 Å². The molecule has 0 aliphatic carbocycles. The zero-order valence-corrected chi connectivity index (χ0v) is 11.6. The highest BCUT2D eigenvalue weighted by Crippen LogP contribution is 2.26. The van der Waals surface area contributed by atoms with Crippen LogP contribution in [-0.2, 0) is 6.42 Å². The van der Waals surface area contributed by atoms with E-state index in [2.05, 4.69) is 27.1 Å². The molecule has 0 N–H and O–H groups in total. The summed E-state index contributed by atoms with van der Waals surface area (Å²) < 4.78 is 2.81. The molecule has 4 heteroatoms. The van der Waals surface area contributed by atoms with Gasteiger partial charge in [-0.2, -0.15) is 10.4 Å². The summed E-state index contributed by atoms with van der Waals surface area (Å²) >= 11 is 3.53. The molecule has 0 unspecified atom stereocenters. The van der Waals surface area contributed by atoms with Gasteiger partial charge in [0.15, 0.2) is 0 Å². The van der Waals surface area contributed by atoms with Gasteiger partial charge >= 0.3 is 0 Å². The maximum atomic E-state index is 9.04. The Morgan fingerprint density at radius 2 is 1.84 bits per heavy atom. The van der Waals surface area contributed by atoms with Crippen molar-refractivity contribution in [2.75, 3.05) is 0 Å². The maximum Gasteiger partial charge on any atom is 0.0931 e. The molecule has 3 rings (SSSR count). The molecule has 2 aromatic carbocycles. The van der Waals surface area contributed by atoms with Crippen molar-refractivity contribution in [2.24, 2.45) is 0 Å². The molecule has 0 saturated heterocycles. The van der Waals surface area contributed by atoms with Crippen LogP contribution in [0.25, 0.3) is 16.6 Å². The van der Waals surface area contributed by atoms with E-state index in [1.54, 1.807) is 0 Å². The summed E-state index contributed by atoms with van der Waals surface area (Å²) in [7, 11) is 0. The molecule has 3 aromatic rings. The summed E-state index contributed by atoms with van der Waals surface area (Å²) in [6.07, 6.45) is 0.335. The summed E-state index contributed by atoms with van der Waals surface area (Å²) in [6.45, 7) is 0. The molecule has 19 heavy (non-hydrogen) atoms. The molecule has 92 valence electrons. The molecular weight excluding hydrogens is 302 g/mol. The number of aromatic nitrogens is 2. The van der Waals surface area contributed by atoms with E-state index in [-0.39, 0.29) is 0 Å². The highest BCUT2D eigenvalue weighted by atomic mass is 79.9. The molecule has 0 radical (unpaired) electrons. The Balaban J connectivity index is 2.32. The van der Waals surface area contributed by atoms with Crippen LogP contribution in [0.2, 0.25) is 0 Å². The fourth-order valence-electron chi connectivity index (χ4n) is 2.15. The minimum atomic E-state index is 0.335. The molecular formula is C15H10BrN3. The van der Waals surface area contributed by atoms with Crippen LogP contribution in [0.3, 0.4) is 0 Å². The lowest BCUT2D eigenvalue weighted by Gasteiger charge is -2.07. The van der Waals surface area contributed by atoms with Crippen molar-refractivity contribution in [2.45, 2.75) is 6.42 Å². The van der Waals surface area contributed by atoms with Crippen LogP contribution in [-0.4, -0.2) is 9.78 Å². The van der Waals surface area contributed by atoms with Crippen LogP contribution in [0, 0.1) is 11.3 Å². The van der Waals surface area contributed by atoms with Crippen LogP contribution >= 0.6 is 15.9 Å². The number of para-hydroxylation sites is 1. The van der Waals surface area contributed by atoms with Crippen molar-refractivity contribution in [3.63, 3.8) is 0 Å². The zero-order valence-electron chi connectivity index (χ0n) is 10.0. The Morgan fingerprint density at radius 3 is 2.63 bits per heavy atom. The Labute approximate surface area is 119 Å². The molecule has 3 nitrogen and oxygen atoms in total. The van der Waals surface area contributed by atoms with E-state index < -0.39 is 0 Å². The average molecular weight is 312 g/mol. The molecule has 0 aliphatic rings. The van der Waals surface area contributed by atoms with Gasteiger partial charge in [0.25, 0.3) is 0 Å². The second kappa shape index (κ2) is 4.87. The summed E-state index contributed by atoms with van der Waals surface area (Å²) in [5.41, 5.74) is 2.78. The fraction of sp³-hybridized carbons (Fsp3) is 0.0667. The van der Waals surface area contributed by atoms with E-state index in [4.69, 9.17) is 5.26 Å². The van der Waals surface area contributed by atoms with E-state index in [1.807, 2.05) is 53.2 Å². The number of nitriles is 1.